The summed E-state index contributed by atoms with van der Waals surface area (Å²) in [7, 11) is -2.14. The number of sulfonamides is 1. The van der Waals surface area contributed by atoms with E-state index in [1.54, 1.807) is 11.3 Å². The Bertz CT molecular complexity index is 695. The summed E-state index contributed by atoms with van der Waals surface area (Å²) in [5.74, 6) is -0.474. The zero-order valence-electron chi connectivity index (χ0n) is 11.7. The molecule has 1 N–H and O–H groups in total. The molecule has 2 rings (SSSR count). The van der Waals surface area contributed by atoms with E-state index in [0.29, 0.717) is 0 Å². The van der Waals surface area contributed by atoms with Gasteiger partial charge in [0.2, 0.25) is 10.0 Å². The van der Waals surface area contributed by atoms with Gasteiger partial charge in [-0.05, 0) is 43.3 Å². The van der Waals surface area contributed by atoms with Gasteiger partial charge in [0.1, 0.15) is 11.9 Å². The van der Waals surface area contributed by atoms with Crippen molar-refractivity contribution in [3.8, 4) is 0 Å². The van der Waals surface area contributed by atoms with Gasteiger partial charge in [-0.3, -0.25) is 0 Å². The normalized spacial score (nSPS) is 13.3. The molecule has 0 bridgehead atoms. The van der Waals surface area contributed by atoms with Crippen LogP contribution in [0.25, 0.3) is 0 Å². The lowest BCUT2D eigenvalue weighted by atomic mass is 10.3. The Morgan fingerprint density at radius 3 is 2.43 bits per heavy atom. The molecule has 0 saturated heterocycles. The summed E-state index contributed by atoms with van der Waals surface area (Å²) in [6, 6.07) is 8.57. The molecule has 0 aliphatic carbocycles. The highest BCUT2D eigenvalue weighted by Gasteiger charge is 2.19. The molecule has 1 aromatic carbocycles. The number of benzene rings is 1. The van der Waals surface area contributed by atoms with Gasteiger partial charge < -0.3 is 4.74 Å². The van der Waals surface area contributed by atoms with Gasteiger partial charge in [-0.15, -0.1) is 11.3 Å². The lowest BCUT2D eigenvalue weighted by Crippen LogP contribution is -2.29. The second-order valence-corrected chi connectivity index (χ2v) is 7.57. The monoisotopic (exact) mass is 329 g/mol. The molecule has 0 aliphatic rings. The third-order valence-corrected chi connectivity index (χ3v) is 5.48. The molecule has 0 fully saturated rings. The van der Waals surface area contributed by atoms with Gasteiger partial charge >= 0.3 is 0 Å². The Kier molecular flexibility index (Phi) is 5.10. The minimum absolute atomic E-state index is 0.0288. The van der Waals surface area contributed by atoms with Crippen molar-refractivity contribution < 1.29 is 17.5 Å². The maximum absolute atomic E-state index is 12.8. The van der Waals surface area contributed by atoms with Crippen LogP contribution in [-0.2, 0) is 14.8 Å². The standard InChI is InChI=1S/C14H16FNO3S2/c1-10-3-8-14(20-10)13(19-2)9-16-21(17,18)12-6-4-11(15)5-7-12/h3-8,13,16H,9H2,1-2H3. The Morgan fingerprint density at radius 1 is 1.24 bits per heavy atom. The molecule has 114 valence electrons. The van der Waals surface area contributed by atoms with E-state index < -0.39 is 15.8 Å². The number of thiophene rings is 1. The molecule has 0 spiro atoms. The molecule has 0 radical (unpaired) electrons. The number of hydrogen-bond acceptors (Lipinski definition) is 4. The first-order valence-electron chi connectivity index (χ1n) is 6.27. The number of methoxy groups -OCH3 is 1. The molecule has 1 atom stereocenters. The minimum atomic E-state index is -3.68. The first kappa shape index (κ1) is 16.1. The quantitative estimate of drug-likeness (QED) is 0.886. The lowest BCUT2D eigenvalue weighted by Gasteiger charge is -2.15. The zero-order chi connectivity index (χ0) is 15.5. The van der Waals surface area contributed by atoms with Crippen molar-refractivity contribution in [1.29, 1.82) is 0 Å². The smallest absolute Gasteiger partial charge is 0.240 e. The third-order valence-electron chi connectivity index (χ3n) is 2.95. The van der Waals surface area contributed by atoms with E-state index in [-0.39, 0.29) is 17.5 Å². The van der Waals surface area contributed by atoms with Crippen LogP contribution in [0.3, 0.4) is 0 Å². The fourth-order valence-electron chi connectivity index (χ4n) is 1.81. The van der Waals surface area contributed by atoms with Crippen molar-refractivity contribution >= 4 is 21.4 Å². The fourth-order valence-corrected chi connectivity index (χ4v) is 3.80. The highest BCUT2D eigenvalue weighted by molar-refractivity contribution is 7.89. The number of rotatable bonds is 6. The first-order chi connectivity index (χ1) is 9.92. The summed E-state index contributed by atoms with van der Waals surface area (Å²) >= 11 is 1.56. The molecular weight excluding hydrogens is 313 g/mol. The Morgan fingerprint density at radius 2 is 1.90 bits per heavy atom. The van der Waals surface area contributed by atoms with Crippen LogP contribution in [0.4, 0.5) is 4.39 Å². The van der Waals surface area contributed by atoms with Crippen molar-refractivity contribution in [2.24, 2.45) is 0 Å². The van der Waals surface area contributed by atoms with Crippen LogP contribution in [0.1, 0.15) is 15.9 Å². The zero-order valence-corrected chi connectivity index (χ0v) is 13.3. The Balaban J connectivity index is 2.08. The van der Waals surface area contributed by atoms with E-state index in [1.165, 1.54) is 19.2 Å². The van der Waals surface area contributed by atoms with Crippen LogP contribution in [0.5, 0.6) is 0 Å². The SMILES string of the molecule is COC(CNS(=O)(=O)c1ccc(F)cc1)c1ccc(C)s1. The molecule has 0 aliphatic heterocycles. The maximum atomic E-state index is 12.8. The van der Waals surface area contributed by atoms with Crippen LogP contribution in [0, 0.1) is 12.7 Å². The van der Waals surface area contributed by atoms with Gasteiger partial charge in [0.15, 0.2) is 0 Å². The largest absolute Gasteiger partial charge is 0.375 e. The van der Waals surface area contributed by atoms with Crippen molar-refractivity contribution in [2.75, 3.05) is 13.7 Å². The summed E-state index contributed by atoms with van der Waals surface area (Å²) in [6.07, 6.45) is -0.348. The second kappa shape index (κ2) is 6.65. The van der Waals surface area contributed by atoms with E-state index in [0.717, 1.165) is 21.9 Å². The van der Waals surface area contributed by atoms with Gasteiger partial charge in [-0.25, -0.2) is 17.5 Å². The molecule has 7 heteroatoms. The predicted molar refractivity (Wildman–Crippen MR) is 80.4 cm³/mol. The third kappa shape index (κ3) is 4.10. The Labute approximate surface area is 127 Å². The lowest BCUT2D eigenvalue weighted by molar-refractivity contribution is 0.110. The van der Waals surface area contributed by atoms with Gasteiger partial charge in [0.25, 0.3) is 0 Å². The van der Waals surface area contributed by atoms with Crippen LogP contribution >= 0.6 is 11.3 Å². The van der Waals surface area contributed by atoms with Crippen LogP contribution < -0.4 is 4.72 Å². The van der Waals surface area contributed by atoms with E-state index in [9.17, 15) is 12.8 Å². The van der Waals surface area contributed by atoms with E-state index in [4.69, 9.17) is 4.74 Å². The van der Waals surface area contributed by atoms with Crippen molar-refractivity contribution in [2.45, 2.75) is 17.9 Å². The van der Waals surface area contributed by atoms with E-state index in [1.807, 2.05) is 19.1 Å². The number of halogens is 1. The molecular formula is C14H16FNO3S2. The summed E-state index contributed by atoms with van der Waals surface area (Å²) in [5, 5.41) is 0. The average Bonchev–Trinajstić information content (AvgIpc) is 2.86. The topological polar surface area (TPSA) is 55.4 Å². The van der Waals surface area contributed by atoms with Gasteiger partial charge in [-0.1, -0.05) is 0 Å². The summed E-state index contributed by atoms with van der Waals surface area (Å²) in [5.41, 5.74) is 0. The molecule has 2 aromatic rings. The molecule has 1 heterocycles. The summed E-state index contributed by atoms with van der Waals surface area (Å²) in [6.45, 7) is 2.10. The molecule has 0 amide bonds. The number of nitrogens with one attached hydrogen (secondary N) is 1. The van der Waals surface area contributed by atoms with Gasteiger partial charge in [0, 0.05) is 23.4 Å². The summed E-state index contributed by atoms with van der Waals surface area (Å²) < 4.78 is 44.9. The van der Waals surface area contributed by atoms with E-state index in [2.05, 4.69) is 4.72 Å². The van der Waals surface area contributed by atoms with Gasteiger partial charge in [-0.2, -0.15) is 0 Å². The fraction of sp³-hybridized carbons (Fsp3) is 0.286. The minimum Gasteiger partial charge on any atom is -0.375 e. The second-order valence-electron chi connectivity index (χ2n) is 4.48. The summed E-state index contributed by atoms with van der Waals surface area (Å²) in [4.78, 5) is 2.12. The number of aryl methyl sites for hydroxylation is 1. The van der Waals surface area contributed by atoms with Gasteiger partial charge in [0.05, 0.1) is 4.90 Å². The maximum Gasteiger partial charge on any atom is 0.240 e. The van der Waals surface area contributed by atoms with Crippen molar-refractivity contribution in [1.82, 2.24) is 4.72 Å². The average molecular weight is 329 g/mol. The Hall–Kier alpha value is -1.28. The van der Waals surface area contributed by atoms with Crippen LogP contribution in [0.2, 0.25) is 0 Å². The molecule has 21 heavy (non-hydrogen) atoms. The number of ether oxygens (including phenoxy) is 1. The highest BCUT2D eigenvalue weighted by Crippen LogP contribution is 2.25. The predicted octanol–water partition coefficient (Wildman–Crippen LogP) is 2.86. The first-order valence-corrected chi connectivity index (χ1v) is 8.56. The molecule has 1 unspecified atom stereocenters. The van der Waals surface area contributed by atoms with Crippen LogP contribution in [0.15, 0.2) is 41.3 Å². The molecule has 4 nitrogen and oxygen atoms in total. The molecule has 0 saturated carbocycles. The van der Waals surface area contributed by atoms with Crippen molar-refractivity contribution in [3.63, 3.8) is 0 Å². The highest BCUT2D eigenvalue weighted by atomic mass is 32.2. The number of hydrogen-bond donors (Lipinski definition) is 1. The van der Waals surface area contributed by atoms with Crippen molar-refractivity contribution in [3.05, 3.63) is 52.0 Å². The van der Waals surface area contributed by atoms with E-state index >= 15 is 0 Å². The van der Waals surface area contributed by atoms with Crippen LogP contribution in [-0.4, -0.2) is 22.1 Å². The molecule has 1 aromatic heterocycles.